The van der Waals surface area contributed by atoms with Crippen LogP contribution in [0.15, 0.2) is 57.5 Å². The molecule has 1 aromatic carbocycles. The number of Topliss-reactive ketones (excluding diaryl/α,β-unsaturated/α-hetero) is 1. The average molecular weight is 388 g/mol. The molecule has 146 valence electrons. The lowest BCUT2D eigenvalue weighted by atomic mass is 9.94. The maximum absolute atomic E-state index is 12.8. The summed E-state index contributed by atoms with van der Waals surface area (Å²) in [5.74, 6) is -0.0788. The summed E-state index contributed by atoms with van der Waals surface area (Å²) in [6, 6.07) is 12.4. The third-order valence-electron chi connectivity index (χ3n) is 4.74. The Bertz CT molecular complexity index is 1110. The first-order chi connectivity index (χ1) is 13.9. The third kappa shape index (κ3) is 3.81. The first kappa shape index (κ1) is 20.0. The van der Waals surface area contributed by atoms with Crippen LogP contribution in [-0.4, -0.2) is 29.0 Å². The second-order valence-corrected chi connectivity index (χ2v) is 6.77. The molecule has 0 N–H and O–H groups in total. The van der Waals surface area contributed by atoms with Crippen molar-refractivity contribution >= 4 is 23.7 Å². The number of ketones is 1. The van der Waals surface area contributed by atoms with Crippen LogP contribution in [0.25, 0.3) is 17.4 Å². The van der Waals surface area contributed by atoms with Crippen molar-refractivity contribution in [2.45, 2.75) is 27.2 Å². The van der Waals surface area contributed by atoms with E-state index in [4.69, 9.17) is 4.42 Å². The van der Waals surface area contributed by atoms with Gasteiger partial charge in [0.05, 0.1) is 0 Å². The summed E-state index contributed by atoms with van der Waals surface area (Å²) in [7, 11) is 0. The van der Waals surface area contributed by atoms with E-state index in [0.717, 1.165) is 10.5 Å². The molecule has 1 aliphatic heterocycles. The average Bonchev–Trinajstić information content (AvgIpc) is 3.18. The molecular weight excluding hydrogens is 368 g/mol. The zero-order valence-electron chi connectivity index (χ0n) is 16.5. The lowest BCUT2D eigenvalue weighted by Gasteiger charge is -2.26. The van der Waals surface area contributed by atoms with Crippen LogP contribution >= 0.6 is 0 Å². The summed E-state index contributed by atoms with van der Waals surface area (Å²) in [5, 5.41) is 9.37. The number of furan rings is 1. The van der Waals surface area contributed by atoms with Crippen LogP contribution in [-0.2, 0) is 9.59 Å². The predicted molar refractivity (Wildman–Crippen MR) is 107 cm³/mol. The van der Waals surface area contributed by atoms with Crippen molar-refractivity contribution < 1.29 is 18.8 Å². The summed E-state index contributed by atoms with van der Waals surface area (Å²) in [4.78, 5) is 37.9. The van der Waals surface area contributed by atoms with Crippen LogP contribution in [0.2, 0.25) is 0 Å². The molecule has 2 amide bonds. The fourth-order valence-electron chi connectivity index (χ4n) is 3.18. The maximum atomic E-state index is 12.8. The summed E-state index contributed by atoms with van der Waals surface area (Å²) in [5.41, 5.74) is 1.88. The molecule has 1 aromatic heterocycles. The van der Waals surface area contributed by atoms with Crippen LogP contribution in [0.1, 0.15) is 43.3 Å². The molecule has 2 aromatic rings. The highest BCUT2D eigenvalue weighted by Crippen LogP contribution is 2.29. The van der Waals surface area contributed by atoms with Gasteiger partial charge in [-0.15, -0.1) is 0 Å². The minimum atomic E-state index is -0.560. The molecule has 0 radical (unpaired) electrons. The van der Waals surface area contributed by atoms with E-state index < -0.39 is 11.8 Å². The zero-order chi connectivity index (χ0) is 21.1. The van der Waals surface area contributed by atoms with Gasteiger partial charge in [-0.2, -0.15) is 5.26 Å². The second kappa shape index (κ2) is 8.11. The molecule has 1 aliphatic rings. The molecule has 0 aliphatic carbocycles. The predicted octanol–water partition coefficient (Wildman–Crippen LogP) is 4.15. The minimum Gasteiger partial charge on any atom is -0.457 e. The Labute approximate surface area is 168 Å². The Morgan fingerprint density at radius 3 is 2.62 bits per heavy atom. The molecule has 6 heteroatoms. The Hall–Kier alpha value is -3.72. The largest absolute Gasteiger partial charge is 0.457 e. The first-order valence-electron chi connectivity index (χ1n) is 9.27. The number of nitriles is 1. The molecular formula is C23H20N2O4. The fourth-order valence-corrected chi connectivity index (χ4v) is 3.18. The van der Waals surface area contributed by atoms with Crippen molar-refractivity contribution in [2.24, 2.45) is 0 Å². The van der Waals surface area contributed by atoms with Crippen LogP contribution in [0.5, 0.6) is 0 Å². The Balaban J connectivity index is 2.02. The molecule has 6 nitrogen and oxygen atoms in total. The molecule has 3 rings (SSSR count). The van der Waals surface area contributed by atoms with E-state index in [1.54, 1.807) is 43.3 Å². The number of nitrogens with zero attached hydrogens (tertiary/aromatic N) is 2. The normalized spacial score (nSPS) is 15.8. The first-order valence-corrected chi connectivity index (χ1v) is 9.27. The van der Waals surface area contributed by atoms with Crippen molar-refractivity contribution in [3.63, 3.8) is 0 Å². The highest BCUT2D eigenvalue weighted by molar-refractivity contribution is 6.19. The van der Waals surface area contributed by atoms with Gasteiger partial charge in [-0.3, -0.25) is 19.3 Å². The van der Waals surface area contributed by atoms with Crippen LogP contribution in [0, 0.1) is 11.3 Å². The van der Waals surface area contributed by atoms with Gasteiger partial charge < -0.3 is 4.42 Å². The van der Waals surface area contributed by atoms with E-state index in [1.165, 1.54) is 6.92 Å². The lowest BCUT2D eigenvalue weighted by Crippen LogP contribution is -2.43. The highest BCUT2D eigenvalue weighted by atomic mass is 16.3. The van der Waals surface area contributed by atoms with E-state index in [1.807, 2.05) is 19.1 Å². The molecule has 0 unspecified atom stereocenters. The fraction of sp³-hybridized carbons (Fsp3) is 0.217. The Kier molecular flexibility index (Phi) is 5.60. The number of hydrogen-bond acceptors (Lipinski definition) is 5. The van der Waals surface area contributed by atoms with E-state index in [9.17, 15) is 19.6 Å². The number of imide groups is 1. The maximum Gasteiger partial charge on any atom is 0.271 e. The van der Waals surface area contributed by atoms with Crippen molar-refractivity contribution in [1.82, 2.24) is 4.90 Å². The molecule has 2 heterocycles. The highest BCUT2D eigenvalue weighted by Gasteiger charge is 2.35. The zero-order valence-corrected chi connectivity index (χ0v) is 16.5. The Morgan fingerprint density at radius 2 is 1.97 bits per heavy atom. The molecule has 29 heavy (non-hydrogen) atoms. The lowest BCUT2D eigenvalue weighted by molar-refractivity contribution is -0.140. The minimum absolute atomic E-state index is 0.0368. The van der Waals surface area contributed by atoms with E-state index in [2.05, 4.69) is 0 Å². The topological polar surface area (TPSA) is 91.4 Å². The second-order valence-electron chi connectivity index (χ2n) is 6.77. The van der Waals surface area contributed by atoms with Gasteiger partial charge in [-0.1, -0.05) is 25.1 Å². The van der Waals surface area contributed by atoms with Gasteiger partial charge in [0.1, 0.15) is 23.2 Å². The summed E-state index contributed by atoms with van der Waals surface area (Å²) < 4.78 is 5.85. The smallest absolute Gasteiger partial charge is 0.271 e. The number of hydrogen-bond donors (Lipinski definition) is 0. The van der Waals surface area contributed by atoms with Crippen molar-refractivity contribution in [2.75, 3.05) is 6.54 Å². The number of rotatable bonds is 5. The van der Waals surface area contributed by atoms with E-state index in [-0.39, 0.29) is 23.5 Å². The quantitative estimate of drug-likeness (QED) is 0.436. The van der Waals surface area contributed by atoms with Crippen LogP contribution in [0.4, 0.5) is 0 Å². The number of carbonyl (C=O) groups excluding carboxylic acids is 3. The molecule has 0 saturated heterocycles. The summed E-state index contributed by atoms with van der Waals surface area (Å²) >= 11 is 0. The van der Waals surface area contributed by atoms with Gasteiger partial charge >= 0.3 is 0 Å². The van der Waals surface area contributed by atoms with Crippen LogP contribution in [0.3, 0.4) is 0 Å². The number of benzene rings is 1. The summed E-state index contributed by atoms with van der Waals surface area (Å²) in [6.07, 6.45) is 2.14. The van der Waals surface area contributed by atoms with Gasteiger partial charge in [0.2, 0.25) is 0 Å². The van der Waals surface area contributed by atoms with Crippen molar-refractivity contribution in [3.8, 4) is 17.4 Å². The van der Waals surface area contributed by atoms with Crippen molar-refractivity contribution in [1.29, 1.82) is 5.26 Å². The van der Waals surface area contributed by atoms with E-state index >= 15 is 0 Å². The van der Waals surface area contributed by atoms with Crippen molar-refractivity contribution in [3.05, 3.63) is 64.4 Å². The molecule has 0 spiro atoms. The number of amides is 2. The Morgan fingerprint density at radius 1 is 1.21 bits per heavy atom. The third-order valence-corrected chi connectivity index (χ3v) is 4.74. The van der Waals surface area contributed by atoms with Gasteiger partial charge in [0.15, 0.2) is 5.78 Å². The van der Waals surface area contributed by atoms with Gasteiger partial charge in [-0.25, -0.2) is 0 Å². The number of carbonyl (C=O) groups is 3. The summed E-state index contributed by atoms with van der Waals surface area (Å²) in [6.45, 7) is 5.19. The molecule has 0 bridgehead atoms. The van der Waals surface area contributed by atoms with Gasteiger partial charge in [-0.05, 0) is 50.1 Å². The monoisotopic (exact) mass is 388 g/mol. The molecule has 0 atom stereocenters. The van der Waals surface area contributed by atoms with E-state index in [0.29, 0.717) is 29.1 Å². The van der Waals surface area contributed by atoms with Gasteiger partial charge in [0.25, 0.3) is 11.8 Å². The SMILES string of the molecule is CCCN1C(=O)C(C#N)=C(C)/C(=C\c2ccc(-c3cccc(C(C)=O)c3)o2)C1=O. The molecule has 0 fully saturated rings. The molecule has 0 saturated carbocycles. The standard InChI is InChI=1S/C23H20N2O4/c1-4-10-25-22(27)19(14(2)20(13-24)23(25)28)12-18-8-9-21(29-18)17-7-5-6-16(11-17)15(3)26/h5-9,11-12H,4,10H2,1-3H3/b19-12+. The van der Waals surface area contributed by atoms with Crippen LogP contribution < -0.4 is 0 Å². The van der Waals surface area contributed by atoms with Gasteiger partial charge in [0, 0.05) is 23.2 Å².